The standard InChI is InChI=1S/C21H21F3N2O4/c1-13(30-15-5-3-14(27)4-6-15)20(28)25-9-2-10-26(12-11-25)21(29)16-7-8-17(22)19(24)18(16)23/h3-8,13,27H,2,9-12H2,1H3. The fourth-order valence-electron chi connectivity index (χ4n) is 3.24. The van der Waals surface area contributed by atoms with Gasteiger partial charge in [-0.1, -0.05) is 0 Å². The summed E-state index contributed by atoms with van der Waals surface area (Å²) in [5, 5.41) is 9.31. The van der Waals surface area contributed by atoms with Crippen molar-refractivity contribution in [3.63, 3.8) is 0 Å². The van der Waals surface area contributed by atoms with Crippen LogP contribution in [0.2, 0.25) is 0 Å². The number of ether oxygens (including phenoxy) is 1. The normalized spacial score (nSPS) is 15.5. The molecule has 0 saturated carbocycles. The van der Waals surface area contributed by atoms with Gasteiger partial charge in [0, 0.05) is 26.2 Å². The molecule has 1 aliphatic heterocycles. The lowest BCUT2D eigenvalue weighted by Gasteiger charge is -2.25. The first-order chi connectivity index (χ1) is 14.3. The minimum atomic E-state index is -1.69. The van der Waals surface area contributed by atoms with Gasteiger partial charge in [-0.15, -0.1) is 0 Å². The topological polar surface area (TPSA) is 70.1 Å². The zero-order valence-electron chi connectivity index (χ0n) is 16.3. The van der Waals surface area contributed by atoms with Gasteiger partial charge in [0.05, 0.1) is 5.56 Å². The molecule has 0 spiro atoms. The highest BCUT2D eigenvalue weighted by atomic mass is 19.2. The molecule has 1 unspecified atom stereocenters. The van der Waals surface area contributed by atoms with Crippen molar-refractivity contribution >= 4 is 11.8 Å². The van der Waals surface area contributed by atoms with Gasteiger partial charge in [0.25, 0.3) is 11.8 Å². The minimum absolute atomic E-state index is 0.0797. The Balaban J connectivity index is 1.62. The van der Waals surface area contributed by atoms with Gasteiger partial charge in [-0.05, 0) is 49.7 Å². The number of rotatable bonds is 4. The maximum Gasteiger partial charge on any atom is 0.263 e. The van der Waals surface area contributed by atoms with Crippen LogP contribution < -0.4 is 4.74 Å². The quantitative estimate of drug-likeness (QED) is 0.770. The molecule has 2 aromatic rings. The first kappa shape index (κ1) is 21.5. The smallest absolute Gasteiger partial charge is 0.263 e. The summed E-state index contributed by atoms with van der Waals surface area (Å²) in [7, 11) is 0. The van der Waals surface area contributed by atoms with Crippen LogP contribution in [-0.4, -0.2) is 59.0 Å². The van der Waals surface area contributed by atoms with E-state index in [9.17, 15) is 27.9 Å². The van der Waals surface area contributed by atoms with Crippen LogP contribution in [0.5, 0.6) is 11.5 Å². The number of amides is 2. The number of hydrogen-bond donors (Lipinski definition) is 1. The molecule has 0 aliphatic carbocycles. The van der Waals surface area contributed by atoms with Crippen molar-refractivity contribution in [2.75, 3.05) is 26.2 Å². The number of carbonyl (C=O) groups is 2. The van der Waals surface area contributed by atoms with Crippen molar-refractivity contribution in [3.8, 4) is 11.5 Å². The molecule has 2 amide bonds. The molecule has 1 saturated heterocycles. The van der Waals surface area contributed by atoms with E-state index in [1.165, 1.54) is 29.2 Å². The molecule has 30 heavy (non-hydrogen) atoms. The SMILES string of the molecule is CC(Oc1ccc(O)cc1)C(=O)N1CCCN(C(=O)c2ccc(F)c(F)c2F)CC1. The highest BCUT2D eigenvalue weighted by molar-refractivity contribution is 5.94. The highest BCUT2D eigenvalue weighted by Crippen LogP contribution is 2.20. The lowest BCUT2D eigenvalue weighted by Crippen LogP contribution is -2.43. The third kappa shape index (κ3) is 4.67. The summed E-state index contributed by atoms with van der Waals surface area (Å²) in [5.74, 6) is -5.10. The second-order valence-corrected chi connectivity index (χ2v) is 6.95. The monoisotopic (exact) mass is 422 g/mol. The number of carbonyl (C=O) groups excluding carboxylic acids is 2. The predicted octanol–water partition coefficient (Wildman–Crippen LogP) is 2.95. The number of phenols is 1. The summed E-state index contributed by atoms with van der Waals surface area (Å²) in [6, 6.07) is 7.59. The highest BCUT2D eigenvalue weighted by Gasteiger charge is 2.28. The zero-order chi connectivity index (χ0) is 21.8. The first-order valence-corrected chi connectivity index (χ1v) is 9.45. The van der Waals surface area contributed by atoms with Crippen LogP contribution in [0, 0.1) is 17.5 Å². The average molecular weight is 422 g/mol. The number of aromatic hydroxyl groups is 1. The Hall–Kier alpha value is -3.23. The summed E-state index contributed by atoms with van der Waals surface area (Å²) >= 11 is 0. The van der Waals surface area contributed by atoms with E-state index in [1.807, 2.05) is 0 Å². The minimum Gasteiger partial charge on any atom is -0.508 e. The third-order valence-corrected chi connectivity index (χ3v) is 4.86. The predicted molar refractivity (Wildman–Crippen MR) is 102 cm³/mol. The summed E-state index contributed by atoms with van der Waals surface area (Å²) < 4.78 is 46.1. The molecule has 1 fully saturated rings. The Morgan fingerprint density at radius 2 is 1.57 bits per heavy atom. The van der Waals surface area contributed by atoms with Crippen molar-refractivity contribution < 1.29 is 32.6 Å². The Labute approximate surface area is 171 Å². The van der Waals surface area contributed by atoms with Crippen molar-refractivity contribution in [1.29, 1.82) is 0 Å². The molecule has 1 N–H and O–H groups in total. The van der Waals surface area contributed by atoms with Gasteiger partial charge in [-0.2, -0.15) is 0 Å². The molecule has 2 aromatic carbocycles. The Morgan fingerprint density at radius 1 is 0.933 bits per heavy atom. The van der Waals surface area contributed by atoms with Crippen molar-refractivity contribution in [2.45, 2.75) is 19.4 Å². The summed E-state index contributed by atoms with van der Waals surface area (Å²) in [5.41, 5.74) is -0.544. The maximum absolute atomic E-state index is 14.0. The largest absolute Gasteiger partial charge is 0.508 e. The van der Waals surface area contributed by atoms with E-state index < -0.39 is 35.0 Å². The van der Waals surface area contributed by atoms with Crippen LogP contribution in [0.1, 0.15) is 23.7 Å². The van der Waals surface area contributed by atoms with Crippen molar-refractivity contribution in [1.82, 2.24) is 9.80 Å². The van der Waals surface area contributed by atoms with Gasteiger partial charge in [-0.3, -0.25) is 9.59 Å². The van der Waals surface area contributed by atoms with E-state index in [2.05, 4.69) is 0 Å². The number of halogens is 3. The van der Waals surface area contributed by atoms with Gasteiger partial charge in [0.2, 0.25) is 0 Å². The first-order valence-electron chi connectivity index (χ1n) is 9.45. The van der Waals surface area contributed by atoms with Crippen molar-refractivity contribution in [2.24, 2.45) is 0 Å². The van der Waals surface area contributed by atoms with Gasteiger partial charge in [0.1, 0.15) is 11.5 Å². The molecule has 0 radical (unpaired) electrons. The van der Waals surface area contributed by atoms with Crippen molar-refractivity contribution in [3.05, 3.63) is 59.4 Å². The van der Waals surface area contributed by atoms with Crippen LogP contribution in [0.3, 0.4) is 0 Å². The number of nitrogens with zero attached hydrogens (tertiary/aromatic N) is 2. The lowest BCUT2D eigenvalue weighted by atomic mass is 10.1. The third-order valence-electron chi connectivity index (χ3n) is 4.86. The Morgan fingerprint density at radius 3 is 2.27 bits per heavy atom. The Bertz CT molecular complexity index is 937. The van der Waals surface area contributed by atoms with Crippen LogP contribution in [0.25, 0.3) is 0 Å². The van der Waals surface area contributed by atoms with Gasteiger partial charge >= 0.3 is 0 Å². The summed E-state index contributed by atoms with van der Waals surface area (Å²) in [6.07, 6.45) is -0.352. The fraction of sp³-hybridized carbons (Fsp3) is 0.333. The van der Waals surface area contributed by atoms with E-state index in [-0.39, 0.29) is 31.3 Å². The van der Waals surface area contributed by atoms with E-state index in [0.717, 1.165) is 6.07 Å². The molecule has 9 heteroatoms. The van der Waals surface area contributed by atoms with E-state index in [0.29, 0.717) is 24.8 Å². The van der Waals surface area contributed by atoms with Crippen LogP contribution in [0.4, 0.5) is 13.2 Å². The van der Waals surface area contributed by atoms with E-state index >= 15 is 0 Å². The van der Waals surface area contributed by atoms with Crippen LogP contribution in [0.15, 0.2) is 36.4 Å². The Kier molecular flexibility index (Phi) is 6.49. The zero-order valence-corrected chi connectivity index (χ0v) is 16.3. The molecule has 3 rings (SSSR count). The molecule has 1 heterocycles. The van der Waals surface area contributed by atoms with E-state index in [1.54, 1.807) is 11.8 Å². The molecule has 1 aliphatic rings. The molecular formula is C21H21F3N2O4. The second-order valence-electron chi connectivity index (χ2n) is 6.95. The molecular weight excluding hydrogens is 401 g/mol. The average Bonchev–Trinajstić information content (AvgIpc) is 2.99. The molecule has 1 atom stereocenters. The van der Waals surface area contributed by atoms with Gasteiger partial charge in [-0.25, -0.2) is 13.2 Å². The van der Waals surface area contributed by atoms with E-state index in [4.69, 9.17) is 4.74 Å². The van der Waals surface area contributed by atoms with Crippen LogP contribution in [-0.2, 0) is 4.79 Å². The molecule has 0 bridgehead atoms. The molecule has 160 valence electrons. The number of benzene rings is 2. The molecule has 6 nitrogen and oxygen atoms in total. The summed E-state index contributed by atoms with van der Waals surface area (Å²) in [4.78, 5) is 28.1. The van der Waals surface area contributed by atoms with Gasteiger partial charge in [0.15, 0.2) is 23.6 Å². The molecule has 0 aromatic heterocycles. The fourth-order valence-corrected chi connectivity index (χ4v) is 3.24. The van der Waals surface area contributed by atoms with Crippen LogP contribution >= 0.6 is 0 Å². The number of phenolic OH excluding ortho intramolecular Hbond substituents is 1. The second kappa shape index (κ2) is 9.06. The maximum atomic E-state index is 14.0. The van der Waals surface area contributed by atoms with Gasteiger partial charge < -0.3 is 19.6 Å². The lowest BCUT2D eigenvalue weighted by molar-refractivity contribution is -0.137. The number of hydrogen-bond acceptors (Lipinski definition) is 4. The summed E-state index contributed by atoms with van der Waals surface area (Å²) in [6.45, 7) is 2.52.